The van der Waals surface area contributed by atoms with E-state index in [1.807, 2.05) is 0 Å². The predicted molar refractivity (Wildman–Crippen MR) is 97.6 cm³/mol. The maximum atomic E-state index is 2.67. The normalized spacial score (nSPS) is 20.3. The van der Waals surface area contributed by atoms with Gasteiger partial charge in [-0.05, 0) is 31.9 Å². The highest BCUT2D eigenvalue weighted by Gasteiger charge is 2.31. The molecule has 0 bridgehead atoms. The second-order valence-corrected chi connectivity index (χ2v) is 6.90. The van der Waals surface area contributed by atoms with Gasteiger partial charge in [0.25, 0.3) is 0 Å². The molecule has 1 fully saturated rings. The average molecular weight is 308 g/mol. The lowest BCUT2D eigenvalue weighted by Crippen LogP contribution is -2.54. The quantitative estimate of drug-likeness (QED) is 0.835. The van der Waals surface area contributed by atoms with Crippen molar-refractivity contribution < 1.29 is 0 Å². The standard InChI is InChI=1S/C21H28N2/c1-17(2)22-14-15-23(18(3)16-22)21(19-10-6-4-7-11-19)20-12-8-5-9-13-20/h4-13,17-18,21H,14-16H2,1-3H3/t18-/m1/s1. The van der Waals surface area contributed by atoms with Gasteiger partial charge in [0.05, 0.1) is 6.04 Å². The van der Waals surface area contributed by atoms with E-state index in [0.29, 0.717) is 18.1 Å². The molecule has 1 aliphatic rings. The summed E-state index contributed by atoms with van der Waals surface area (Å²) in [4.78, 5) is 5.26. The molecule has 1 aliphatic heterocycles. The summed E-state index contributed by atoms with van der Waals surface area (Å²) in [5, 5.41) is 0. The predicted octanol–water partition coefficient (Wildman–Crippen LogP) is 4.19. The third-order valence-electron chi connectivity index (χ3n) is 5.00. The van der Waals surface area contributed by atoms with Crippen molar-refractivity contribution in [2.75, 3.05) is 19.6 Å². The summed E-state index contributed by atoms with van der Waals surface area (Å²) >= 11 is 0. The number of benzene rings is 2. The lowest BCUT2D eigenvalue weighted by molar-refractivity contribution is 0.0450. The van der Waals surface area contributed by atoms with Crippen LogP contribution in [0.4, 0.5) is 0 Å². The molecule has 0 radical (unpaired) electrons. The molecule has 1 saturated heterocycles. The van der Waals surface area contributed by atoms with Crippen LogP contribution in [0, 0.1) is 0 Å². The van der Waals surface area contributed by atoms with Crippen molar-refractivity contribution >= 4 is 0 Å². The van der Waals surface area contributed by atoms with Crippen LogP contribution in [0.15, 0.2) is 60.7 Å². The zero-order valence-electron chi connectivity index (χ0n) is 14.5. The maximum Gasteiger partial charge on any atom is 0.0604 e. The molecule has 3 rings (SSSR count). The van der Waals surface area contributed by atoms with Crippen LogP contribution < -0.4 is 0 Å². The van der Waals surface area contributed by atoms with Crippen molar-refractivity contribution in [3.8, 4) is 0 Å². The Labute approximate surface area is 140 Å². The summed E-state index contributed by atoms with van der Waals surface area (Å²) < 4.78 is 0. The summed E-state index contributed by atoms with van der Waals surface area (Å²) in [6.45, 7) is 10.4. The van der Waals surface area contributed by atoms with Crippen LogP contribution in [0.3, 0.4) is 0 Å². The highest BCUT2D eigenvalue weighted by Crippen LogP contribution is 2.31. The number of nitrogens with zero attached hydrogens (tertiary/aromatic N) is 2. The van der Waals surface area contributed by atoms with E-state index in [4.69, 9.17) is 0 Å². The summed E-state index contributed by atoms with van der Waals surface area (Å²) in [6.07, 6.45) is 0. The first kappa shape index (κ1) is 16.2. The van der Waals surface area contributed by atoms with Crippen LogP contribution in [0.25, 0.3) is 0 Å². The molecule has 0 saturated carbocycles. The third kappa shape index (κ3) is 3.65. The summed E-state index contributed by atoms with van der Waals surface area (Å²) in [6, 6.07) is 23.4. The Balaban J connectivity index is 1.91. The molecule has 0 aliphatic carbocycles. The highest BCUT2D eigenvalue weighted by molar-refractivity contribution is 5.32. The molecule has 2 nitrogen and oxygen atoms in total. The van der Waals surface area contributed by atoms with Gasteiger partial charge in [-0.1, -0.05) is 60.7 Å². The molecule has 1 heterocycles. The van der Waals surface area contributed by atoms with Crippen LogP contribution in [0.5, 0.6) is 0 Å². The molecule has 0 N–H and O–H groups in total. The molecule has 0 amide bonds. The molecule has 122 valence electrons. The lowest BCUT2D eigenvalue weighted by Gasteiger charge is -2.45. The Morgan fingerprint density at radius 2 is 1.35 bits per heavy atom. The van der Waals surface area contributed by atoms with Crippen molar-refractivity contribution in [2.45, 2.75) is 38.9 Å². The minimum atomic E-state index is 0.349. The van der Waals surface area contributed by atoms with Gasteiger partial charge in [0, 0.05) is 31.7 Å². The van der Waals surface area contributed by atoms with Crippen molar-refractivity contribution in [3.05, 3.63) is 71.8 Å². The van der Waals surface area contributed by atoms with Crippen molar-refractivity contribution in [1.29, 1.82) is 0 Å². The number of hydrogen-bond acceptors (Lipinski definition) is 2. The first-order valence-corrected chi connectivity index (χ1v) is 8.76. The van der Waals surface area contributed by atoms with Gasteiger partial charge >= 0.3 is 0 Å². The van der Waals surface area contributed by atoms with E-state index < -0.39 is 0 Å². The second-order valence-electron chi connectivity index (χ2n) is 6.90. The van der Waals surface area contributed by atoms with Gasteiger partial charge in [-0.2, -0.15) is 0 Å². The molecule has 2 aromatic carbocycles. The zero-order chi connectivity index (χ0) is 16.2. The van der Waals surface area contributed by atoms with Gasteiger partial charge in [0.2, 0.25) is 0 Å². The Morgan fingerprint density at radius 1 is 0.826 bits per heavy atom. The van der Waals surface area contributed by atoms with Crippen LogP contribution in [0.2, 0.25) is 0 Å². The van der Waals surface area contributed by atoms with Crippen molar-refractivity contribution in [3.63, 3.8) is 0 Å². The highest BCUT2D eigenvalue weighted by atomic mass is 15.3. The first-order chi connectivity index (χ1) is 11.2. The molecular formula is C21H28N2. The van der Waals surface area contributed by atoms with E-state index >= 15 is 0 Å². The van der Waals surface area contributed by atoms with Crippen LogP contribution >= 0.6 is 0 Å². The fourth-order valence-corrected chi connectivity index (χ4v) is 3.70. The van der Waals surface area contributed by atoms with E-state index in [0.717, 1.165) is 19.6 Å². The fourth-order valence-electron chi connectivity index (χ4n) is 3.70. The smallest absolute Gasteiger partial charge is 0.0604 e. The molecular weight excluding hydrogens is 280 g/mol. The zero-order valence-corrected chi connectivity index (χ0v) is 14.5. The van der Waals surface area contributed by atoms with Crippen molar-refractivity contribution in [1.82, 2.24) is 9.80 Å². The van der Waals surface area contributed by atoms with Crippen molar-refractivity contribution in [2.24, 2.45) is 0 Å². The summed E-state index contributed by atoms with van der Waals surface area (Å²) in [5.41, 5.74) is 2.78. The molecule has 0 spiro atoms. The van der Waals surface area contributed by atoms with E-state index in [1.54, 1.807) is 0 Å². The Bertz CT molecular complexity index is 554. The van der Waals surface area contributed by atoms with Gasteiger partial charge in [-0.25, -0.2) is 0 Å². The van der Waals surface area contributed by atoms with E-state index in [2.05, 4.69) is 91.2 Å². The Morgan fingerprint density at radius 3 is 1.78 bits per heavy atom. The number of rotatable bonds is 4. The molecule has 2 aromatic rings. The largest absolute Gasteiger partial charge is 0.298 e. The topological polar surface area (TPSA) is 6.48 Å². The van der Waals surface area contributed by atoms with Gasteiger partial charge in [0.15, 0.2) is 0 Å². The van der Waals surface area contributed by atoms with Gasteiger partial charge in [-0.3, -0.25) is 9.80 Å². The van der Waals surface area contributed by atoms with Gasteiger partial charge < -0.3 is 0 Å². The minimum Gasteiger partial charge on any atom is -0.298 e. The first-order valence-electron chi connectivity index (χ1n) is 8.76. The van der Waals surface area contributed by atoms with E-state index in [-0.39, 0.29) is 0 Å². The summed E-state index contributed by atoms with van der Waals surface area (Å²) in [7, 11) is 0. The van der Waals surface area contributed by atoms with Gasteiger partial charge in [0.1, 0.15) is 0 Å². The molecule has 23 heavy (non-hydrogen) atoms. The molecule has 1 atom stereocenters. The second kappa shape index (κ2) is 7.29. The Kier molecular flexibility index (Phi) is 5.14. The Hall–Kier alpha value is -1.64. The number of hydrogen-bond donors (Lipinski definition) is 0. The minimum absolute atomic E-state index is 0.349. The van der Waals surface area contributed by atoms with Crippen LogP contribution in [0.1, 0.15) is 37.9 Å². The van der Waals surface area contributed by atoms with E-state index in [1.165, 1.54) is 11.1 Å². The van der Waals surface area contributed by atoms with Crippen LogP contribution in [-0.2, 0) is 0 Å². The average Bonchev–Trinajstić information content (AvgIpc) is 2.58. The molecule has 2 heteroatoms. The SMILES string of the molecule is CC(C)N1CCN(C(c2ccccc2)c2ccccc2)[C@H](C)C1. The lowest BCUT2D eigenvalue weighted by atomic mass is 9.94. The number of piperazine rings is 1. The van der Waals surface area contributed by atoms with Crippen LogP contribution in [-0.4, -0.2) is 41.5 Å². The monoisotopic (exact) mass is 308 g/mol. The maximum absolute atomic E-state index is 2.67. The summed E-state index contributed by atoms with van der Waals surface area (Å²) in [5.74, 6) is 0. The van der Waals surface area contributed by atoms with Gasteiger partial charge in [-0.15, -0.1) is 0 Å². The third-order valence-corrected chi connectivity index (χ3v) is 5.00. The van der Waals surface area contributed by atoms with E-state index in [9.17, 15) is 0 Å². The molecule has 0 unspecified atom stereocenters. The fraction of sp³-hybridized carbons (Fsp3) is 0.429. The molecule has 0 aromatic heterocycles.